The molecule has 1 saturated heterocycles. The molecule has 1 N–H and O–H groups in total. The fourth-order valence-corrected chi connectivity index (χ4v) is 3.72. The fourth-order valence-electron chi connectivity index (χ4n) is 3.41. The van der Waals surface area contributed by atoms with Crippen LogP contribution in [0.3, 0.4) is 0 Å². The number of aromatic amines is 1. The molecular formula is C18H17BrN2O2. The van der Waals surface area contributed by atoms with Crippen LogP contribution in [0.4, 0.5) is 0 Å². The minimum Gasteiger partial charge on any atom is -0.444 e. The number of rotatable bonds is 2. The molecule has 4 rings (SSSR count). The maximum absolute atomic E-state index is 12.4. The Kier molecular flexibility index (Phi) is 3.73. The van der Waals surface area contributed by atoms with Crippen LogP contribution in [0.5, 0.6) is 0 Å². The van der Waals surface area contributed by atoms with E-state index in [1.807, 2.05) is 11.0 Å². The average molecular weight is 373 g/mol. The Hall–Kier alpha value is -2.01. The van der Waals surface area contributed by atoms with E-state index < -0.39 is 0 Å². The standard InChI is InChI=1S/C18H17BrN2O2/c19-17-6-5-16(23-17)18(22)21-9-7-12(8-10-21)14-11-20-15-4-2-1-3-13(14)15/h1-6,11-12,20H,7-10H2. The Morgan fingerprint density at radius 2 is 1.96 bits per heavy atom. The van der Waals surface area contributed by atoms with Crippen LogP contribution in [-0.2, 0) is 0 Å². The number of halogens is 1. The zero-order chi connectivity index (χ0) is 15.8. The number of amides is 1. The van der Waals surface area contributed by atoms with E-state index in [0.717, 1.165) is 25.9 Å². The first-order chi connectivity index (χ1) is 11.2. The Morgan fingerprint density at radius 1 is 1.17 bits per heavy atom. The van der Waals surface area contributed by atoms with Crippen LogP contribution in [0.1, 0.15) is 34.9 Å². The van der Waals surface area contributed by atoms with Gasteiger partial charge in [0.15, 0.2) is 10.4 Å². The molecule has 0 saturated carbocycles. The number of carbonyl (C=O) groups is 1. The molecule has 1 fully saturated rings. The number of aromatic nitrogens is 1. The maximum atomic E-state index is 12.4. The molecule has 4 nitrogen and oxygen atoms in total. The highest BCUT2D eigenvalue weighted by Crippen LogP contribution is 2.33. The molecule has 0 bridgehead atoms. The molecule has 0 spiro atoms. The second-order valence-electron chi connectivity index (χ2n) is 5.96. The van der Waals surface area contributed by atoms with Crippen molar-refractivity contribution in [3.63, 3.8) is 0 Å². The third-order valence-corrected chi connectivity index (χ3v) is 5.05. The zero-order valence-electron chi connectivity index (χ0n) is 12.6. The molecule has 3 heterocycles. The van der Waals surface area contributed by atoms with Gasteiger partial charge in [-0.3, -0.25) is 4.79 Å². The van der Waals surface area contributed by atoms with Gasteiger partial charge in [-0.1, -0.05) is 18.2 Å². The van der Waals surface area contributed by atoms with Crippen LogP contribution in [0.2, 0.25) is 0 Å². The highest BCUT2D eigenvalue weighted by molar-refractivity contribution is 9.10. The predicted octanol–water partition coefficient (Wildman–Crippen LogP) is 4.54. The SMILES string of the molecule is O=C(c1ccc(Br)o1)N1CCC(c2c[nH]c3ccccc23)CC1. The lowest BCUT2D eigenvalue weighted by atomic mass is 9.89. The number of para-hydroxylation sites is 1. The number of hydrogen-bond donors (Lipinski definition) is 1. The third-order valence-electron chi connectivity index (χ3n) is 4.63. The second kappa shape index (κ2) is 5.89. The minimum atomic E-state index is -0.0203. The van der Waals surface area contributed by atoms with Gasteiger partial charge in [0.1, 0.15) is 0 Å². The van der Waals surface area contributed by atoms with Gasteiger partial charge in [-0.25, -0.2) is 0 Å². The molecule has 0 unspecified atom stereocenters. The molecule has 5 heteroatoms. The monoisotopic (exact) mass is 372 g/mol. The van der Waals surface area contributed by atoms with Gasteiger partial charge in [-0.15, -0.1) is 0 Å². The van der Waals surface area contributed by atoms with E-state index in [1.54, 1.807) is 12.1 Å². The number of furan rings is 1. The summed E-state index contributed by atoms with van der Waals surface area (Å²) in [6, 6.07) is 11.9. The Morgan fingerprint density at radius 3 is 2.70 bits per heavy atom. The van der Waals surface area contributed by atoms with Crippen molar-refractivity contribution in [3.05, 3.63) is 58.6 Å². The van der Waals surface area contributed by atoms with E-state index in [0.29, 0.717) is 16.3 Å². The van der Waals surface area contributed by atoms with E-state index in [4.69, 9.17) is 4.42 Å². The first kappa shape index (κ1) is 14.6. The summed E-state index contributed by atoms with van der Waals surface area (Å²) in [5.74, 6) is 0.883. The number of benzene rings is 1. The quantitative estimate of drug-likeness (QED) is 0.717. The van der Waals surface area contributed by atoms with E-state index >= 15 is 0 Å². The Bertz CT molecular complexity index is 843. The number of hydrogen-bond acceptors (Lipinski definition) is 2. The van der Waals surface area contributed by atoms with Crippen LogP contribution in [-0.4, -0.2) is 28.9 Å². The number of likely N-dealkylation sites (tertiary alicyclic amines) is 1. The van der Waals surface area contributed by atoms with Crippen LogP contribution >= 0.6 is 15.9 Å². The summed E-state index contributed by atoms with van der Waals surface area (Å²) in [5, 5.41) is 1.30. The maximum Gasteiger partial charge on any atom is 0.289 e. The average Bonchev–Trinajstić information content (AvgIpc) is 3.21. The van der Waals surface area contributed by atoms with E-state index in [2.05, 4.69) is 45.3 Å². The van der Waals surface area contributed by atoms with Gasteiger partial charge in [0.05, 0.1) is 0 Å². The summed E-state index contributed by atoms with van der Waals surface area (Å²) in [6.45, 7) is 1.53. The van der Waals surface area contributed by atoms with Gasteiger partial charge in [0, 0.05) is 30.2 Å². The van der Waals surface area contributed by atoms with Gasteiger partial charge in [0.25, 0.3) is 5.91 Å². The summed E-state index contributed by atoms with van der Waals surface area (Å²) in [4.78, 5) is 17.7. The summed E-state index contributed by atoms with van der Waals surface area (Å²) in [7, 11) is 0. The topological polar surface area (TPSA) is 49.2 Å². The molecule has 118 valence electrons. The summed E-state index contributed by atoms with van der Waals surface area (Å²) >= 11 is 3.24. The van der Waals surface area contributed by atoms with Gasteiger partial charge in [-0.05, 0) is 58.5 Å². The third kappa shape index (κ3) is 2.70. The first-order valence-corrected chi connectivity index (χ1v) is 8.62. The molecule has 1 aliphatic rings. The Labute approximate surface area is 142 Å². The van der Waals surface area contributed by atoms with Crippen LogP contribution in [0.15, 0.2) is 51.7 Å². The van der Waals surface area contributed by atoms with Crippen molar-refractivity contribution >= 4 is 32.7 Å². The van der Waals surface area contributed by atoms with Gasteiger partial charge >= 0.3 is 0 Å². The molecule has 1 amide bonds. The molecule has 0 atom stereocenters. The second-order valence-corrected chi connectivity index (χ2v) is 6.74. The summed E-state index contributed by atoms with van der Waals surface area (Å²) in [5.41, 5.74) is 2.55. The highest BCUT2D eigenvalue weighted by atomic mass is 79.9. The van der Waals surface area contributed by atoms with E-state index in [-0.39, 0.29) is 5.91 Å². The lowest BCUT2D eigenvalue weighted by Gasteiger charge is -2.31. The van der Waals surface area contributed by atoms with Crippen molar-refractivity contribution < 1.29 is 9.21 Å². The number of nitrogens with one attached hydrogen (secondary N) is 1. The van der Waals surface area contributed by atoms with Crippen LogP contribution in [0, 0.1) is 0 Å². The number of carbonyl (C=O) groups excluding carboxylic acids is 1. The highest BCUT2D eigenvalue weighted by Gasteiger charge is 2.27. The molecule has 0 radical (unpaired) electrons. The lowest BCUT2D eigenvalue weighted by molar-refractivity contribution is 0.0679. The molecule has 23 heavy (non-hydrogen) atoms. The number of piperidine rings is 1. The molecule has 2 aromatic heterocycles. The largest absolute Gasteiger partial charge is 0.444 e. The van der Waals surface area contributed by atoms with Crippen molar-refractivity contribution in [2.75, 3.05) is 13.1 Å². The van der Waals surface area contributed by atoms with E-state index in [9.17, 15) is 4.79 Å². The molecule has 3 aromatic rings. The van der Waals surface area contributed by atoms with Crippen molar-refractivity contribution in [2.24, 2.45) is 0 Å². The number of H-pyrrole nitrogens is 1. The van der Waals surface area contributed by atoms with Crippen LogP contribution < -0.4 is 0 Å². The fraction of sp³-hybridized carbons (Fsp3) is 0.278. The van der Waals surface area contributed by atoms with Gasteiger partial charge in [-0.2, -0.15) is 0 Å². The van der Waals surface area contributed by atoms with Crippen molar-refractivity contribution in [2.45, 2.75) is 18.8 Å². The Balaban J connectivity index is 1.48. The number of nitrogens with zero attached hydrogens (tertiary/aromatic N) is 1. The first-order valence-electron chi connectivity index (χ1n) is 7.83. The molecule has 1 aliphatic heterocycles. The van der Waals surface area contributed by atoms with Gasteiger partial charge < -0.3 is 14.3 Å². The normalized spacial score (nSPS) is 16.1. The summed E-state index contributed by atoms with van der Waals surface area (Å²) in [6.07, 6.45) is 4.08. The van der Waals surface area contributed by atoms with E-state index in [1.165, 1.54) is 16.5 Å². The molecular weight excluding hydrogens is 356 g/mol. The van der Waals surface area contributed by atoms with Crippen molar-refractivity contribution in [1.82, 2.24) is 9.88 Å². The van der Waals surface area contributed by atoms with Crippen molar-refractivity contribution in [1.29, 1.82) is 0 Å². The van der Waals surface area contributed by atoms with Crippen LogP contribution in [0.25, 0.3) is 10.9 Å². The smallest absolute Gasteiger partial charge is 0.289 e. The molecule has 1 aromatic carbocycles. The number of fused-ring (bicyclic) bond motifs is 1. The zero-order valence-corrected chi connectivity index (χ0v) is 14.2. The molecule has 0 aliphatic carbocycles. The minimum absolute atomic E-state index is 0.0203. The van der Waals surface area contributed by atoms with Crippen molar-refractivity contribution in [3.8, 4) is 0 Å². The lowest BCUT2D eigenvalue weighted by Crippen LogP contribution is -2.37. The predicted molar refractivity (Wildman–Crippen MR) is 92.6 cm³/mol. The summed E-state index contributed by atoms with van der Waals surface area (Å²) < 4.78 is 5.97. The van der Waals surface area contributed by atoms with Gasteiger partial charge in [0.2, 0.25) is 0 Å².